The van der Waals surface area contributed by atoms with Crippen LogP contribution in [0.5, 0.6) is 0 Å². The fraction of sp³-hybridized carbons (Fsp3) is 0.154. The number of carbonyl (C=O) groups excluding carboxylic acids is 1. The molecule has 3 heteroatoms. The number of carbonyl (C=O) groups is 1. The summed E-state index contributed by atoms with van der Waals surface area (Å²) in [6, 6.07) is 12.9. The van der Waals surface area contributed by atoms with Gasteiger partial charge in [0.1, 0.15) is 11.2 Å². The normalized spacial score (nSPS) is 14.3. The molecule has 0 aliphatic heterocycles. The molecule has 1 amide bonds. The van der Waals surface area contributed by atoms with Crippen LogP contribution in [0.1, 0.15) is 18.2 Å². The molecule has 0 aliphatic carbocycles. The van der Waals surface area contributed by atoms with E-state index >= 15 is 0 Å². The number of furan rings is 1. The number of benzene rings is 1. The van der Waals surface area contributed by atoms with Crippen molar-refractivity contribution in [3.63, 3.8) is 0 Å². The number of rotatable bonds is 3. The van der Waals surface area contributed by atoms with Crippen LogP contribution < -0.4 is 5.73 Å². The third kappa shape index (κ3) is 1.50. The molecule has 0 spiro atoms. The Kier molecular flexibility index (Phi) is 2.52. The van der Waals surface area contributed by atoms with E-state index < -0.39 is 11.3 Å². The molecule has 0 aliphatic rings. The fourth-order valence-electron chi connectivity index (χ4n) is 1.74. The third-order valence-corrected chi connectivity index (χ3v) is 2.86. The van der Waals surface area contributed by atoms with Gasteiger partial charge < -0.3 is 10.2 Å². The predicted octanol–water partition coefficient (Wildman–Crippen LogP) is 2.07. The van der Waals surface area contributed by atoms with Crippen LogP contribution in [0.2, 0.25) is 0 Å². The van der Waals surface area contributed by atoms with E-state index in [1.54, 1.807) is 25.3 Å². The van der Waals surface area contributed by atoms with Crippen LogP contribution in [0.15, 0.2) is 53.1 Å². The lowest BCUT2D eigenvalue weighted by molar-refractivity contribution is -0.122. The molecule has 16 heavy (non-hydrogen) atoms. The molecule has 0 saturated carbocycles. The Morgan fingerprint density at radius 3 is 2.38 bits per heavy atom. The Morgan fingerprint density at radius 2 is 1.88 bits per heavy atom. The minimum atomic E-state index is -0.912. The largest absolute Gasteiger partial charge is 0.468 e. The molecule has 0 bridgehead atoms. The van der Waals surface area contributed by atoms with Gasteiger partial charge in [-0.2, -0.15) is 0 Å². The highest BCUT2D eigenvalue weighted by Gasteiger charge is 2.37. The molecular formula is C13H13NO2. The molecular weight excluding hydrogens is 202 g/mol. The van der Waals surface area contributed by atoms with Gasteiger partial charge in [0.25, 0.3) is 0 Å². The van der Waals surface area contributed by atoms with E-state index in [4.69, 9.17) is 10.2 Å². The number of amides is 1. The van der Waals surface area contributed by atoms with E-state index in [0.717, 1.165) is 5.56 Å². The summed E-state index contributed by atoms with van der Waals surface area (Å²) in [6.07, 6.45) is 1.54. The summed E-state index contributed by atoms with van der Waals surface area (Å²) in [6.45, 7) is 1.77. The van der Waals surface area contributed by atoms with Gasteiger partial charge in [-0.05, 0) is 24.6 Å². The van der Waals surface area contributed by atoms with Crippen molar-refractivity contribution in [2.75, 3.05) is 0 Å². The van der Waals surface area contributed by atoms with Gasteiger partial charge in [-0.15, -0.1) is 0 Å². The van der Waals surface area contributed by atoms with Crippen molar-refractivity contribution in [2.45, 2.75) is 12.3 Å². The molecule has 2 N–H and O–H groups in total. The zero-order valence-corrected chi connectivity index (χ0v) is 9.01. The summed E-state index contributed by atoms with van der Waals surface area (Å²) in [5.74, 6) is 0.139. The van der Waals surface area contributed by atoms with Gasteiger partial charge in [0.15, 0.2) is 0 Å². The highest BCUT2D eigenvalue weighted by Crippen LogP contribution is 2.31. The Bertz CT molecular complexity index is 476. The minimum Gasteiger partial charge on any atom is -0.468 e. The summed E-state index contributed by atoms with van der Waals surface area (Å²) in [5.41, 5.74) is 5.41. The molecule has 1 heterocycles. The van der Waals surface area contributed by atoms with Gasteiger partial charge in [0.2, 0.25) is 5.91 Å². The van der Waals surface area contributed by atoms with Crippen LogP contribution >= 0.6 is 0 Å². The molecule has 0 fully saturated rings. The lowest BCUT2D eigenvalue weighted by Crippen LogP contribution is -2.39. The Balaban J connectivity index is 2.58. The van der Waals surface area contributed by atoms with Crippen molar-refractivity contribution in [1.82, 2.24) is 0 Å². The van der Waals surface area contributed by atoms with Crippen molar-refractivity contribution >= 4 is 5.91 Å². The first-order valence-corrected chi connectivity index (χ1v) is 5.05. The first kappa shape index (κ1) is 10.5. The van der Waals surface area contributed by atoms with Crippen molar-refractivity contribution in [1.29, 1.82) is 0 Å². The smallest absolute Gasteiger partial charge is 0.235 e. The molecule has 1 atom stereocenters. The molecule has 0 radical (unpaired) electrons. The number of hydrogen-bond donors (Lipinski definition) is 1. The quantitative estimate of drug-likeness (QED) is 0.852. The van der Waals surface area contributed by atoms with Gasteiger partial charge >= 0.3 is 0 Å². The van der Waals surface area contributed by atoms with Gasteiger partial charge in [0, 0.05) is 0 Å². The van der Waals surface area contributed by atoms with Crippen LogP contribution in [-0.2, 0) is 10.2 Å². The van der Waals surface area contributed by atoms with Crippen molar-refractivity contribution < 1.29 is 9.21 Å². The Labute approximate surface area is 93.9 Å². The molecule has 1 unspecified atom stereocenters. The lowest BCUT2D eigenvalue weighted by atomic mass is 9.79. The van der Waals surface area contributed by atoms with Crippen LogP contribution in [0, 0.1) is 0 Å². The standard InChI is InChI=1S/C13H13NO2/c1-13(12(14)15,11-8-5-9-16-11)10-6-3-2-4-7-10/h2-9H,1H3,(H2,14,15). The van der Waals surface area contributed by atoms with E-state index in [2.05, 4.69) is 0 Å². The third-order valence-electron chi connectivity index (χ3n) is 2.86. The highest BCUT2D eigenvalue weighted by atomic mass is 16.3. The lowest BCUT2D eigenvalue weighted by Gasteiger charge is -2.24. The average molecular weight is 215 g/mol. The second-order valence-corrected chi connectivity index (χ2v) is 3.83. The zero-order valence-electron chi connectivity index (χ0n) is 9.01. The maximum absolute atomic E-state index is 11.7. The molecule has 2 rings (SSSR count). The monoisotopic (exact) mass is 215 g/mol. The van der Waals surface area contributed by atoms with Gasteiger partial charge in [-0.25, -0.2) is 0 Å². The topological polar surface area (TPSA) is 56.2 Å². The van der Waals surface area contributed by atoms with Crippen LogP contribution in [-0.4, -0.2) is 5.91 Å². The number of nitrogens with two attached hydrogens (primary N) is 1. The van der Waals surface area contributed by atoms with Crippen LogP contribution in [0.4, 0.5) is 0 Å². The SMILES string of the molecule is CC(C(N)=O)(c1ccccc1)c1ccco1. The van der Waals surface area contributed by atoms with Crippen molar-refractivity contribution in [2.24, 2.45) is 5.73 Å². The first-order chi connectivity index (χ1) is 7.65. The maximum atomic E-state index is 11.7. The Hall–Kier alpha value is -2.03. The zero-order chi connectivity index (χ0) is 11.6. The van der Waals surface area contributed by atoms with Crippen molar-refractivity contribution in [3.8, 4) is 0 Å². The highest BCUT2D eigenvalue weighted by molar-refractivity contribution is 5.89. The number of hydrogen-bond acceptors (Lipinski definition) is 2. The van der Waals surface area contributed by atoms with E-state index in [0.29, 0.717) is 5.76 Å². The molecule has 0 saturated heterocycles. The Morgan fingerprint density at radius 1 is 1.19 bits per heavy atom. The summed E-state index contributed by atoms with van der Waals surface area (Å²) < 4.78 is 5.31. The van der Waals surface area contributed by atoms with E-state index in [9.17, 15) is 4.79 Å². The second-order valence-electron chi connectivity index (χ2n) is 3.83. The van der Waals surface area contributed by atoms with E-state index in [1.165, 1.54) is 0 Å². The average Bonchev–Trinajstić information content (AvgIpc) is 2.82. The minimum absolute atomic E-state index is 0.423. The maximum Gasteiger partial charge on any atom is 0.235 e. The molecule has 1 aromatic heterocycles. The number of primary amides is 1. The van der Waals surface area contributed by atoms with Gasteiger partial charge in [-0.3, -0.25) is 4.79 Å². The van der Waals surface area contributed by atoms with E-state index in [-0.39, 0.29) is 0 Å². The molecule has 1 aromatic carbocycles. The summed E-state index contributed by atoms with van der Waals surface area (Å²) in [5, 5.41) is 0. The first-order valence-electron chi connectivity index (χ1n) is 5.05. The summed E-state index contributed by atoms with van der Waals surface area (Å²) in [4.78, 5) is 11.7. The van der Waals surface area contributed by atoms with Crippen molar-refractivity contribution in [3.05, 3.63) is 60.1 Å². The summed E-state index contributed by atoms with van der Waals surface area (Å²) >= 11 is 0. The van der Waals surface area contributed by atoms with Gasteiger partial charge in [0.05, 0.1) is 6.26 Å². The fourth-order valence-corrected chi connectivity index (χ4v) is 1.74. The molecule has 82 valence electrons. The molecule has 3 nitrogen and oxygen atoms in total. The van der Waals surface area contributed by atoms with E-state index in [1.807, 2.05) is 30.3 Å². The molecule has 2 aromatic rings. The predicted molar refractivity (Wildman–Crippen MR) is 60.8 cm³/mol. The second kappa shape index (κ2) is 3.85. The van der Waals surface area contributed by atoms with Gasteiger partial charge in [-0.1, -0.05) is 30.3 Å². The van der Waals surface area contributed by atoms with Crippen LogP contribution in [0.3, 0.4) is 0 Å². The van der Waals surface area contributed by atoms with Crippen LogP contribution in [0.25, 0.3) is 0 Å². The summed E-state index contributed by atoms with van der Waals surface area (Å²) in [7, 11) is 0.